The van der Waals surface area contributed by atoms with Gasteiger partial charge in [0.15, 0.2) is 0 Å². The number of fused-ring (bicyclic) bond motifs is 1. The Morgan fingerprint density at radius 2 is 2.00 bits per heavy atom. The smallest absolute Gasteiger partial charge is 0.423 e. The highest BCUT2D eigenvalue weighted by atomic mass is 79.9. The average Bonchev–Trinajstić information content (AvgIpc) is 2.48. The van der Waals surface area contributed by atoms with Gasteiger partial charge < -0.3 is 10.0 Å². The fourth-order valence-electron chi connectivity index (χ4n) is 1.18. The van der Waals surface area contributed by atoms with Crippen LogP contribution in [0.4, 0.5) is 4.39 Å². The van der Waals surface area contributed by atoms with Gasteiger partial charge in [0.2, 0.25) is 0 Å². The zero-order valence-electron chi connectivity index (χ0n) is 6.87. The Labute approximate surface area is 92.3 Å². The lowest BCUT2D eigenvalue weighted by Crippen LogP contribution is -2.26. The maximum absolute atomic E-state index is 13.1. The predicted octanol–water partition coefficient (Wildman–Crippen LogP) is 1.48. The molecule has 0 aliphatic heterocycles. The van der Waals surface area contributed by atoms with Crippen molar-refractivity contribution in [3.05, 3.63) is 28.5 Å². The highest BCUT2D eigenvalue weighted by molar-refractivity contribution is 9.10. The van der Waals surface area contributed by atoms with Crippen LogP contribution in [-0.2, 0) is 0 Å². The Morgan fingerprint density at radius 1 is 1.29 bits per heavy atom. The first-order chi connectivity index (χ1) is 6.58. The minimum absolute atomic E-state index is 0.353. The highest BCUT2D eigenvalue weighted by Crippen LogP contribution is 2.26. The fraction of sp³-hybridized carbons (Fsp3) is 0. The first-order valence-electron chi connectivity index (χ1n) is 3.82. The molecule has 0 saturated heterocycles. The third kappa shape index (κ3) is 1.70. The van der Waals surface area contributed by atoms with Gasteiger partial charge in [-0.3, -0.25) is 0 Å². The van der Waals surface area contributed by atoms with Gasteiger partial charge in [0.05, 0.1) is 4.47 Å². The highest BCUT2D eigenvalue weighted by Gasteiger charge is 2.15. The Balaban J connectivity index is 2.66. The summed E-state index contributed by atoms with van der Waals surface area (Å²) >= 11 is 4.30. The van der Waals surface area contributed by atoms with Crippen LogP contribution in [0.2, 0.25) is 0 Å². The maximum atomic E-state index is 13.1. The van der Waals surface area contributed by atoms with E-state index in [9.17, 15) is 4.39 Å². The minimum atomic E-state index is -1.49. The van der Waals surface area contributed by atoms with E-state index in [0.717, 1.165) is 4.70 Å². The van der Waals surface area contributed by atoms with Gasteiger partial charge in [-0.25, -0.2) is 4.39 Å². The molecular formula is C8H5BBrFO2S. The summed E-state index contributed by atoms with van der Waals surface area (Å²) in [6.45, 7) is 0. The second-order valence-corrected chi connectivity index (χ2v) is 4.80. The summed E-state index contributed by atoms with van der Waals surface area (Å²) in [5.41, 5.74) is 0. The Bertz CT molecular complexity index is 446. The molecule has 0 fully saturated rings. The van der Waals surface area contributed by atoms with Gasteiger partial charge in [-0.1, -0.05) is 0 Å². The number of thiophene rings is 1. The Morgan fingerprint density at radius 3 is 2.64 bits per heavy atom. The normalized spacial score (nSPS) is 10.9. The van der Waals surface area contributed by atoms with Crippen LogP contribution < -0.4 is 4.78 Å². The lowest BCUT2D eigenvalue weighted by molar-refractivity contribution is 0.427. The van der Waals surface area contributed by atoms with Gasteiger partial charge in [-0.2, -0.15) is 0 Å². The SMILES string of the molecule is OB(O)c1cc2cc(F)c(Br)cc2s1. The van der Waals surface area contributed by atoms with Crippen LogP contribution in [0.5, 0.6) is 0 Å². The Kier molecular flexibility index (Phi) is 2.61. The van der Waals surface area contributed by atoms with Gasteiger partial charge >= 0.3 is 7.12 Å². The van der Waals surface area contributed by atoms with Crippen LogP contribution in [0, 0.1) is 5.82 Å². The van der Waals surface area contributed by atoms with Gasteiger partial charge in [0, 0.05) is 9.48 Å². The van der Waals surface area contributed by atoms with Crippen LogP contribution in [0.25, 0.3) is 10.1 Å². The minimum Gasteiger partial charge on any atom is -0.423 e. The van der Waals surface area contributed by atoms with Crippen molar-refractivity contribution >= 4 is 49.2 Å². The van der Waals surface area contributed by atoms with E-state index in [1.165, 1.54) is 17.4 Å². The summed E-state index contributed by atoms with van der Waals surface area (Å²) in [5, 5.41) is 18.5. The summed E-state index contributed by atoms with van der Waals surface area (Å²) in [6.07, 6.45) is 0. The molecule has 1 heterocycles. The zero-order chi connectivity index (χ0) is 10.3. The largest absolute Gasteiger partial charge is 0.499 e. The first kappa shape index (κ1) is 10.1. The number of benzene rings is 1. The van der Waals surface area contributed by atoms with Crippen molar-refractivity contribution in [2.45, 2.75) is 0 Å². The molecule has 0 saturated carbocycles. The summed E-state index contributed by atoms with van der Waals surface area (Å²) < 4.78 is 14.7. The molecule has 2 rings (SSSR count). The molecule has 14 heavy (non-hydrogen) atoms. The molecule has 0 unspecified atom stereocenters. The molecule has 0 aliphatic rings. The van der Waals surface area contributed by atoms with Crippen molar-refractivity contribution in [3.8, 4) is 0 Å². The van der Waals surface area contributed by atoms with Crippen molar-refractivity contribution in [3.63, 3.8) is 0 Å². The molecule has 0 radical (unpaired) electrons. The second kappa shape index (κ2) is 3.62. The fourth-order valence-corrected chi connectivity index (χ4v) is 2.63. The summed E-state index contributed by atoms with van der Waals surface area (Å²) in [6, 6.07) is 4.56. The second-order valence-electron chi connectivity index (χ2n) is 2.83. The van der Waals surface area contributed by atoms with Crippen LogP contribution in [0.3, 0.4) is 0 Å². The quantitative estimate of drug-likeness (QED) is 0.774. The summed E-state index contributed by atoms with van der Waals surface area (Å²) in [7, 11) is -1.49. The molecule has 1 aromatic carbocycles. The van der Waals surface area contributed by atoms with Crippen molar-refractivity contribution in [1.29, 1.82) is 0 Å². The van der Waals surface area contributed by atoms with Crippen LogP contribution >= 0.6 is 27.3 Å². The van der Waals surface area contributed by atoms with E-state index in [1.54, 1.807) is 12.1 Å². The van der Waals surface area contributed by atoms with E-state index in [2.05, 4.69) is 15.9 Å². The van der Waals surface area contributed by atoms with E-state index in [0.29, 0.717) is 14.6 Å². The molecule has 2 nitrogen and oxygen atoms in total. The molecule has 0 amide bonds. The van der Waals surface area contributed by atoms with E-state index < -0.39 is 7.12 Å². The van der Waals surface area contributed by atoms with E-state index in [1.807, 2.05) is 0 Å². The van der Waals surface area contributed by atoms with Gasteiger partial charge in [0.25, 0.3) is 0 Å². The molecule has 0 bridgehead atoms. The van der Waals surface area contributed by atoms with Crippen molar-refractivity contribution in [1.82, 2.24) is 0 Å². The summed E-state index contributed by atoms with van der Waals surface area (Å²) in [4.78, 5) is 0. The number of rotatable bonds is 1. The third-order valence-corrected chi connectivity index (χ3v) is 3.58. The standard InChI is InChI=1S/C8H5BBrFO2S/c10-5-3-7-4(1-6(5)11)2-8(14-7)9(12)13/h1-3,12-13H. The lowest BCUT2D eigenvalue weighted by Gasteiger charge is -1.93. The topological polar surface area (TPSA) is 40.5 Å². The number of halogens is 2. The van der Waals surface area contributed by atoms with Gasteiger partial charge in [-0.05, 0) is 39.5 Å². The molecule has 0 aliphatic carbocycles. The van der Waals surface area contributed by atoms with Crippen LogP contribution in [0.15, 0.2) is 22.7 Å². The molecule has 0 atom stereocenters. The molecule has 1 aromatic heterocycles. The van der Waals surface area contributed by atoms with E-state index in [-0.39, 0.29) is 5.82 Å². The molecule has 2 N–H and O–H groups in total. The molecule has 2 aromatic rings. The average molecular weight is 275 g/mol. The third-order valence-electron chi connectivity index (χ3n) is 1.83. The predicted molar refractivity (Wildman–Crippen MR) is 59.3 cm³/mol. The van der Waals surface area contributed by atoms with E-state index >= 15 is 0 Å². The molecule has 72 valence electrons. The number of hydrogen-bond acceptors (Lipinski definition) is 3. The van der Waals surface area contributed by atoms with Crippen molar-refractivity contribution in [2.75, 3.05) is 0 Å². The monoisotopic (exact) mass is 274 g/mol. The van der Waals surface area contributed by atoms with E-state index in [4.69, 9.17) is 10.0 Å². The molecule has 6 heteroatoms. The van der Waals surface area contributed by atoms with Crippen molar-refractivity contribution in [2.24, 2.45) is 0 Å². The molecule has 0 spiro atoms. The summed E-state index contributed by atoms with van der Waals surface area (Å²) in [5.74, 6) is -0.353. The zero-order valence-corrected chi connectivity index (χ0v) is 9.27. The van der Waals surface area contributed by atoms with Crippen LogP contribution in [0.1, 0.15) is 0 Å². The Hall–Kier alpha value is -0.425. The van der Waals surface area contributed by atoms with Crippen molar-refractivity contribution < 1.29 is 14.4 Å². The first-order valence-corrected chi connectivity index (χ1v) is 5.43. The lowest BCUT2D eigenvalue weighted by atomic mass is 9.89. The number of hydrogen-bond donors (Lipinski definition) is 2. The van der Waals surface area contributed by atoms with Crippen LogP contribution in [-0.4, -0.2) is 17.2 Å². The maximum Gasteiger partial charge on any atom is 0.499 e. The van der Waals surface area contributed by atoms with Gasteiger partial charge in [0.1, 0.15) is 5.82 Å². The molecular weight excluding hydrogens is 270 g/mol. The van der Waals surface area contributed by atoms with Gasteiger partial charge in [-0.15, -0.1) is 11.3 Å².